The Labute approximate surface area is 45.3 Å². The summed E-state index contributed by atoms with van der Waals surface area (Å²) in [6.07, 6.45) is 0. The molecule has 0 aromatic carbocycles. The van der Waals surface area contributed by atoms with Crippen LogP contribution < -0.4 is 0 Å². The summed E-state index contributed by atoms with van der Waals surface area (Å²) >= 11 is -1.29. The van der Waals surface area contributed by atoms with E-state index >= 15 is 0 Å². The molecule has 4 nitrogen and oxygen atoms in total. The Balaban J connectivity index is 3.32. The molecule has 0 saturated heterocycles. The predicted octanol–water partition coefficient (Wildman–Crippen LogP) is 0.0466. The third kappa shape index (κ3) is 5.46. The fourth-order valence-corrected chi connectivity index (χ4v) is 0.388. The number of rotatable bonds is 2. The standard InChI is InChI=1S/C2H2O4Se/c3-1(4)7-2(5)6/h(H,3,4)(H,5,6). The maximum absolute atomic E-state index is 9.46. The van der Waals surface area contributed by atoms with Gasteiger partial charge in [0, 0.05) is 0 Å². The summed E-state index contributed by atoms with van der Waals surface area (Å²) in [5.74, 6) is 0. The van der Waals surface area contributed by atoms with Gasteiger partial charge in [0.1, 0.15) is 0 Å². The monoisotopic (exact) mass is 170 g/mol. The molecule has 0 saturated carbocycles. The summed E-state index contributed by atoms with van der Waals surface area (Å²) in [5.41, 5.74) is 0. The van der Waals surface area contributed by atoms with Crippen LogP contribution in [0.25, 0.3) is 0 Å². The third-order valence-electron chi connectivity index (χ3n) is 0.175. The van der Waals surface area contributed by atoms with Crippen molar-refractivity contribution >= 4 is 24.7 Å². The zero-order valence-corrected chi connectivity index (χ0v) is 4.83. The van der Waals surface area contributed by atoms with Crippen molar-refractivity contribution in [3.63, 3.8) is 0 Å². The van der Waals surface area contributed by atoms with Crippen LogP contribution in [0.4, 0.5) is 9.59 Å². The van der Waals surface area contributed by atoms with Gasteiger partial charge in [0.15, 0.2) is 0 Å². The van der Waals surface area contributed by atoms with E-state index in [4.69, 9.17) is 10.2 Å². The zero-order chi connectivity index (χ0) is 5.86. The van der Waals surface area contributed by atoms with Crippen molar-refractivity contribution in [2.45, 2.75) is 0 Å². The van der Waals surface area contributed by atoms with Crippen LogP contribution in [0.15, 0.2) is 0 Å². The summed E-state index contributed by atoms with van der Waals surface area (Å²) in [5, 5.41) is 15.5. The minimum absolute atomic E-state index is 1.25. The van der Waals surface area contributed by atoms with Crippen molar-refractivity contribution in [3.05, 3.63) is 0 Å². The Kier molecular flexibility index (Phi) is 2.40. The Morgan fingerprint density at radius 3 is 1.43 bits per heavy atom. The molecule has 0 aromatic heterocycles. The van der Waals surface area contributed by atoms with Gasteiger partial charge in [-0.2, -0.15) is 0 Å². The van der Waals surface area contributed by atoms with Crippen molar-refractivity contribution in [3.8, 4) is 0 Å². The van der Waals surface area contributed by atoms with E-state index in [1.807, 2.05) is 0 Å². The summed E-state index contributed by atoms with van der Waals surface area (Å²) in [7, 11) is 0. The van der Waals surface area contributed by atoms with Gasteiger partial charge in [-0.3, -0.25) is 0 Å². The van der Waals surface area contributed by atoms with E-state index in [0.717, 1.165) is 0 Å². The Hall–Kier alpha value is -0.541. The molecule has 40 valence electrons. The van der Waals surface area contributed by atoms with Crippen molar-refractivity contribution in [2.75, 3.05) is 0 Å². The molecule has 0 radical (unpaired) electrons. The molecule has 0 aliphatic carbocycles. The Morgan fingerprint density at radius 1 is 1.14 bits per heavy atom. The molecule has 0 rings (SSSR count). The average molecular weight is 169 g/mol. The molecule has 0 bridgehead atoms. The van der Waals surface area contributed by atoms with Crippen LogP contribution in [0.3, 0.4) is 0 Å². The Morgan fingerprint density at radius 2 is 1.43 bits per heavy atom. The zero-order valence-electron chi connectivity index (χ0n) is 3.12. The van der Waals surface area contributed by atoms with Crippen LogP contribution in [0.5, 0.6) is 0 Å². The summed E-state index contributed by atoms with van der Waals surface area (Å²) in [6, 6.07) is 0. The SMILES string of the molecule is O=C(O)[Se]C(=O)O. The molecule has 0 aromatic rings. The summed E-state index contributed by atoms with van der Waals surface area (Å²) in [4.78, 5) is 16.4. The van der Waals surface area contributed by atoms with Crippen LogP contribution in [-0.4, -0.2) is 34.9 Å². The van der Waals surface area contributed by atoms with E-state index in [2.05, 4.69) is 0 Å². The molecule has 0 aliphatic heterocycles. The first kappa shape index (κ1) is 6.46. The molecule has 0 atom stereocenters. The average Bonchev–Trinajstić information content (AvgIpc) is 1.27. The number of carboxylic acid groups (broad SMARTS) is 2. The van der Waals surface area contributed by atoms with E-state index in [9.17, 15) is 9.59 Å². The molecular formula is C2H2O4Se. The first-order valence-electron chi connectivity index (χ1n) is 1.26. The van der Waals surface area contributed by atoms with Crippen molar-refractivity contribution in [2.24, 2.45) is 0 Å². The molecule has 0 aliphatic rings. The topological polar surface area (TPSA) is 74.6 Å². The van der Waals surface area contributed by atoms with Crippen LogP contribution in [0.1, 0.15) is 0 Å². The van der Waals surface area contributed by atoms with E-state index in [0.29, 0.717) is 0 Å². The number of hydrogen-bond acceptors (Lipinski definition) is 2. The molecule has 0 spiro atoms. The second-order valence-electron chi connectivity index (χ2n) is 0.634. The molecular weight excluding hydrogens is 167 g/mol. The summed E-state index contributed by atoms with van der Waals surface area (Å²) < 4.78 is 0. The predicted molar refractivity (Wildman–Crippen MR) is 21.8 cm³/mol. The van der Waals surface area contributed by atoms with Gasteiger partial charge in [-0.25, -0.2) is 0 Å². The fourth-order valence-electron chi connectivity index (χ4n) is 0.0747. The Bertz CT molecular complexity index is 85.9. The van der Waals surface area contributed by atoms with Crippen LogP contribution in [-0.2, 0) is 0 Å². The molecule has 0 amide bonds. The van der Waals surface area contributed by atoms with Gasteiger partial charge in [-0.15, -0.1) is 0 Å². The number of hydrogen-bond donors (Lipinski definition) is 2. The normalized spacial score (nSPS) is 8.00. The molecule has 0 heterocycles. The van der Waals surface area contributed by atoms with Crippen molar-refractivity contribution < 1.29 is 19.8 Å². The first-order chi connectivity index (χ1) is 3.13. The van der Waals surface area contributed by atoms with Gasteiger partial charge in [0.2, 0.25) is 0 Å². The van der Waals surface area contributed by atoms with Gasteiger partial charge in [-0.05, 0) is 0 Å². The van der Waals surface area contributed by atoms with Crippen LogP contribution >= 0.6 is 0 Å². The maximum atomic E-state index is 9.46. The number of carbonyl (C=O) groups is 2. The first-order valence-corrected chi connectivity index (χ1v) is 2.98. The molecule has 7 heavy (non-hydrogen) atoms. The van der Waals surface area contributed by atoms with Crippen LogP contribution in [0.2, 0.25) is 0 Å². The van der Waals surface area contributed by atoms with E-state index in [1.54, 1.807) is 0 Å². The van der Waals surface area contributed by atoms with Gasteiger partial charge in [-0.1, -0.05) is 0 Å². The van der Waals surface area contributed by atoms with E-state index in [-0.39, 0.29) is 0 Å². The third-order valence-corrected chi connectivity index (χ3v) is 0.907. The molecule has 2 N–H and O–H groups in total. The van der Waals surface area contributed by atoms with E-state index < -0.39 is 24.7 Å². The molecule has 0 unspecified atom stereocenters. The quantitative estimate of drug-likeness (QED) is 0.572. The van der Waals surface area contributed by atoms with Crippen LogP contribution in [0, 0.1) is 0 Å². The molecule has 5 heteroatoms. The van der Waals surface area contributed by atoms with Crippen molar-refractivity contribution in [1.82, 2.24) is 0 Å². The second-order valence-corrected chi connectivity index (χ2v) is 2.53. The second kappa shape index (κ2) is 2.60. The van der Waals surface area contributed by atoms with Crippen molar-refractivity contribution in [1.29, 1.82) is 0 Å². The molecule has 0 fully saturated rings. The summed E-state index contributed by atoms with van der Waals surface area (Å²) in [6.45, 7) is 0. The van der Waals surface area contributed by atoms with Gasteiger partial charge >= 0.3 is 44.5 Å². The van der Waals surface area contributed by atoms with Gasteiger partial charge in [0.05, 0.1) is 0 Å². The minimum atomic E-state index is -1.29. The fraction of sp³-hybridized carbons (Fsp3) is 0. The van der Waals surface area contributed by atoms with E-state index in [1.165, 1.54) is 0 Å². The van der Waals surface area contributed by atoms with Gasteiger partial charge in [0.25, 0.3) is 0 Å². The van der Waals surface area contributed by atoms with Gasteiger partial charge < -0.3 is 0 Å².